The summed E-state index contributed by atoms with van der Waals surface area (Å²) in [6, 6.07) is 19.8. The molecule has 3 aromatic carbocycles. The van der Waals surface area contributed by atoms with Gasteiger partial charge in [0, 0.05) is 0 Å². The number of halogens is 3. The summed E-state index contributed by atoms with van der Waals surface area (Å²) in [5, 5.41) is 8.88. The zero-order valence-corrected chi connectivity index (χ0v) is 16.3. The molecule has 0 radical (unpaired) electrons. The topological polar surface area (TPSA) is 46.5 Å². The maximum absolute atomic E-state index is 12.7. The van der Waals surface area contributed by atoms with Crippen molar-refractivity contribution in [1.29, 1.82) is 0 Å². The molecule has 0 saturated heterocycles. The fourth-order valence-electron chi connectivity index (χ4n) is 3.08. The number of benzene rings is 3. The molecular formula is C24H21F3O3. The number of hydrogen-bond donors (Lipinski definition) is 1. The number of alkyl halides is 3. The Morgan fingerprint density at radius 1 is 0.900 bits per heavy atom. The van der Waals surface area contributed by atoms with E-state index < -0.39 is 17.7 Å². The van der Waals surface area contributed by atoms with Crippen molar-refractivity contribution in [2.45, 2.75) is 32.0 Å². The van der Waals surface area contributed by atoms with Crippen molar-refractivity contribution in [3.63, 3.8) is 0 Å². The minimum atomic E-state index is -4.34. The summed E-state index contributed by atoms with van der Waals surface area (Å²) in [7, 11) is 0. The molecule has 3 aromatic rings. The number of carbonyl (C=O) groups is 1. The van der Waals surface area contributed by atoms with Gasteiger partial charge in [0.1, 0.15) is 12.4 Å². The van der Waals surface area contributed by atoms with Crippen molar-refractivity contribution in [3.8, 4) is 16.9 Å². The molecule has 1 N–H and O–H groups in total. The lowest BCUT2D eigenvalue weighted by atomic mass is 9.98. The van der Waals surface area contributed by atoms with Crippen LogP contribution in [0.5, 0.6) is 5.75 Å². The molecule has 0 aromatic heterocycles. The Balaban J connectivity index is 1.59. The van der Waals surface area contributed by atoms with Crippen molar-refractivity contribution in [2.75, 3.05) is 0 Å². The SMILES string of the molecule is CC(CC(=O)O)c1ccc(OCc2ccc(-c3ccc(C(F)(F)F)cc3)cc2)cc1. The molecule has 1 unspecified atom stereocenters. The van der Waals surface area contributed by atoms with Crippen LogP contribution in [0.2, 0.25) is 0 Å². The van der Waals surface area contributed by atoms with E-state index in [2.05, 4.69) is 0 Å². The Morgan fingerprint density at radius 2 is 1.43 bits per heavy atom. The van der Waals surface area contributed by atoms with Gasteiger partial charge in [-0.3, -0.25) is 4.79 Å². The Labute approximate surface area is 172 Å². The van der Waals surface area contributed by atoms with Gasteiger partial charge in [-0.15, -0.1) is 0 Å². The lowest BCUT2D eigenvalue weighted by Crippen LogP contribution is -2.04. The molecule has 30 heavy (non-hydrogen) atoms. The first kappa shape index (κ1) is 21.4. The quantitative estimate of drug-likeness (QED) is 0.478. The van der Waals surface area contributed by atoms with Crippen LogP contribution in [0.4, 0.5) is 13.2 Å². The molecule has 3 rings (SSSR count). The van der Waals surface area contributed by atoms with Crippen LogP contribution in [0.3, 0.4) is 0 Å². The summed E-state index contributed by atoms with van der Waals surface area (Å²) in [4.78, 5) is 10.8. The predicted molar refractivity (Wildman–Crippen MR) is 108 cm³/mol. The Kier molecular flexibility index (Phi) is 6.45. The van der Waals surface area contributed by atoms with Gasteiger partial charge in [0.05, 0.1) is 12.0 Å². The monoisotopic (exact) mass is 414 g/mol. The zero-order valence-electron chi connectivity index (χ0n) is 16.3. The van der Waals surface area contributed by atoms with E-state index in [4.69, 9.17) is 9.84 Å². The predicted octanol–water partition coefficient (Wildman–Crippen LogP) is 6.53. The Hall–Kier alpha value is -3.28. The third-order valence-electron chi connectivity index (χ3n) is 4.83. The summed E-state index contributed by atoms with van der Waals surface area (Å²) in [5.41, 5.74) is 2.73. The molecule has 6 heteroatoms. The largest absolute Gasteiger partial charge is 0.489 e. The van der Waals surface area contributed by atoms with E-state index in [-0.39, 0.29) is 12.3 Å². The summed E-state index contributed by atoms with van der Waals surface area (Å²) in [6.07, 6.45) is -4.27. The first-order valence-electron chi connectivity index (χ1n) is 9.43. The van der Waals surface area contributed by atoms with Crippen LogP contribution in [0.15, 0.2) is 72.8 Å². The molecular weight excluding hydrogens is 393 g/mol. The van der Waals surface area contributed by atoms with E-state index in [0.29, 0.717) is 17.9 Å². The highest BCUT2D eigenvalue weighted by atomic mass is 19.4. The number of rotatable bonds is 7. The fourth-order valence-corrected chi connectivity index (χ4v) is 3.08. The maximum Gasteiger partial charge on any atom is 0.416 e. The van der Waals surface area contributed by atoms with Gasteiger partial charge in [-0.2, -0.15) is 13.2 Å². The highest BCUT2D eigenvalue weighted by molar-refractivity contribution is 5.68. The zero-order chi connectivity index (χ0) is 21.7. The van der Waals surface area contributed by atoms with E-state index in [0.717, 1.165) is 28.8 Å². The van der Waals surface area contributed by atoms with Gasteiger partial charge in [0.15, 0.2) is 0 Å². The molecule has 156 valence electrons. The molecule has 0 amide bonds. The van der Waals surface area contributed by atoms with Crippen LogP contribution < -0.4 is 4.74 Å². The Bertz CT molecular complexity index is 976. The third kappa shape index (κ3) is 5.63. The molecule has 0 fully saturated rings. The summed E-state index contributed by atoms with van der Waals surface area (Å²) < 4.78 is 43.8. The van der Waals surface area contributed by atoms with Crippen LogP contribution in [0, 0.1) is 0 Å². The second kappa shape index (κ2) is 9.03. The van der Waals surface area contributed by atoms with Gasteiger partial charge in [-0.05, 0) is 52.4 Å². The normalized spacial score (nSPS) is 12.4. The van der Waals surface area contributed by atoms with E-state index in [1.165, 1.54) is 12.1 Å². The maximum atomic E-state index is 12.7. The van der Waals surface area contributed by atoms with E-state index in [9.17, 15) is 18.0 Å². The lowest BCUT2D eigenvalue weighted by Gasteiger charge is -2.11. The minimum absolute atomic E-state index is 0.0747. The number of ether oxygens (including phenoxy) is 1. The average Bonchev–Trinajstić information content (AvgIpc) is 2.72. The van der Waals surface area contributed by atoms with Gasteiger partial charge in [-0.1, -0.05) is 55.5 Å². The van der Waals surface area contributed by atoms with Crippen LogP contribution in [-0.2, 0) is 17.6 Å². The minimum Gasteiger partial charge on any atom is -0.489 e. The molecule has 0 saturated carbocycles. The summed E-state index contributed by atoms with van der Waals surface area (Å²) in [6.45, 7) is 2.21. The summed E-state index contributed by atoms with van der Waals surface area (Å²) in [5.74, 6) is -0.232. The van der Waals surface area contributed by atoms with Gasteiger partial charge in [-0.25, -0.2) is 0 Å². The number of carboxylic acid groups (broad SMARTS) is 1. The second-order valence-corrected chi connectivity index (χ2v) is 7.13. The van der Waals surface area contributed by atoms with Crippen molar-refractivity contribution in [3.05, 3.63) is 89.5 Å². The first-order chi connectivity index (χ1) is 14.2. The smallest absolute Gasteiger partial charge is 0.416 e. The summed E-state index contributed by atoms with van der Waals surface area (Å²) >= 11 is 0. The molecule has 0 bridgehead atoms. The van der Waals surface area contributed by atoms with Gasteiger partial charge >= 0.3 is 12.1 Å². The standard InChI is InChI=1S/C24H21F3O3/c1-16(14-23(28)29)18-8-12-22(13-9-18)30-15-17-2-4-19(5-3-17)20-6-10-21(11-7-20)24(25,26)27/h2-13,16H,14-15H2,1H3,(H,28,29). The third-order valence-corrected chi connectivity index (χ3v) is 4.83. The first-order valence-corrected chi connectivity index (χ1v) is 9.43. The van der Waals surface area contributed by atoms with Crippen LogP contribution in [-0.4, -0.2) is 11.1 Å². The Morgan fingerprint density at radius 3 is 1.93 bits per heavy atom. The highest BCUT2D eigenvalue weighted by Crippen LogP contribution is 2.31. The number of aliphatic carboxylic acids is 1. The van der Waals surface area contributed by atoms with Crippen molar-refractivity contribution < 1.29 is 27.8 Å². The van der Waals surface area contributed by atoms with Crippen molar-refractivity contribution >= 4 is 5.97 Å². The molecule has 0 spiro atoms. The number of hydrogen-bond acceptors (Lipinski definition) is 2. The van der Waals surface area contributed by atoms with Crippen molar-refractivity contribution in [2.24, 2.45) is 0 Å². The molecule has 0 aliphatic carbocycles. The molecule has 0 heterocycles. The van der Waals surface area contributed by atoms with E-state index in [1.54, 1.807) is 0 Å². The van der Waals surface area contributed by atoms with Crippen LogP contribution in [0.25, 0.3) is 11.1 Å². The molecule has 3 nitrogen and oxygen atoms in total. The second-order valence-electron chi connectivity index (χ2n) is 7.13. The van der Waals surface area contributed by atoms with E-state index >= 15 is 0 Å². The fraction of sp³-hybridized carbons (Fsp3) is 0.208. The molecule has 1 atom stereocenters. The van der Waals surface area contributed by atoms with Crippen LogP contribution >= 0.6 is 0 Å². The lowest BCUT2D eigenvalue weighted by molar-refractivity contribution is -0.138. The van der Waals surface area contributed by atoms with Gasteiger partial charge in [0.2, 0.25) is 0 Å². The highest BCUT2D eigenvalue weighted by Gasteiger charge is 2.29. The van der Waals surface area contributed by atoms with Crippen LogP contribution in [0.1, 0.15) is 36.0 Å². The van der Waals surface area contributed by atoms with Gasteiger partial charge in [0.25, 0.3) is 0 Å². The molecule has 0 aliphatic heterocycles. The van der Waals surface area contributed by atoms with Crippen molar-refractivity contribution in [1.82, 2.24) is 0 Å². The van der Waals surface area contributed by atoms with E-state index in [1.807, 2.05) is 55.5 Å². The van der Waals surface area contributed by atoms with Gasteiger partial charge < -0.3 is 9.84 Å². The number of carboxylic acids is 1. The average molecular weight is 414 g/mol. The molecule has 0 aliphatic rings.